The minimum absolute atomic E-state index is 0.0341. The zero-order valence-corrected chi connectivity index (χ0v) is 11.8. The van der Waals surface area contributed by atoms with Crippen molar-refractivity contribution in [1.29, 1.82) is 0 Å². The first kappa shape index (κ1) is 13.2. The number of carbonyl (C=O) groups is 1. The maximum Gasteiger partial charge on any atom is 0.223 e. The molecule has 0 unspecified atom stereocenters. The molecule has 0 spiro atoms. The summed E-state index contributed by atoms with van der Waals surface area (Å²) in [6, 6.07) is -0.355. The Labute approximate surface area is 122 Å². The van der Waals surface area contributed by atoms with Crippen molar-refractivity contribution < 1.29 is 14.6 Å². The lowest BCUT2D eigenvalue weighted by molar-refractivity contribution is -0.124. The third kappa shape index (κ3) is 2.80. The molecule has 2 aliphatic carbocycles. The molecule has 2 N–H and O–H groups in total. The Bertz CT molecular complexity index is 538. The minimum Gasteiger partial charge on any atom is -0.388 e. The number of ether oxygens (including phenoxy) is 1. The van der Waals surface area contributed by atoms with Gasteiger partial charge in [-0.2, -0.15) is 0 Å². The highest BCUT2D eigenvalue weighted by atomic mass is 16.5. The van der Waals surface area contributed by atoms with Crippen LogP contribution in [-0.2, 0) is 16.1 Å². The Hall–Kier alpha value is -1.47. The smallest absolute Gasteiger partial charge is 0.223 e. The molecule has 114 valence electrons. The molecule has 7 nitrogen and oxygen atoms in total. The molecule has 7 heteroatoms. The molecule has 1 aliphatic heterocycles. The van der Waals surface area contributed by atoms with Crippen LogP contribution in [0, 0.1) is 5.92 Å². The fourth-order valence-corrected chi connectivity index (χ4v) is 2.81. The van der Waals surface area contributed by atoms with Crippen LogP contribution in [0.25, 0.3) is 0 Å². The quantitative estimate of drug-likeness (QED) is 0.785. The summed E-state index contributed by atoms with van der Waals surface area (Å²) in [6.45, 7) is 0.761. The molecule has 3 aliphatic rings. The molecule has 0 radical (unpaired) electrons. The molecular formula is C14H20N4O3. The van der Waals surface area contributed by atoms with Crippen LogP contribution in [0.5, 0.6) is 0 Å². The van der Waals surface area contributed by atoms with E-state index < -0.39 is 6.10 Å². The highest BCUT2D eigenvalue weighted by molar-refractivity contribution is 5.81. The van der Waals surface area contributed by atoms with Crippen LogP contribution < -0.4 is 5.32 Å². The summed E-state index contributed by atoms with van der Waals surface area (Å²) in [7, 11) is 0. The third-order valence-electron chi connectivity index (χ3n) is 4.47. The van der Waals surface area contributed by atoms with Gasteiger partial charge in [0.15, 0.2) is 0 Å². The van der Waals surface area contributed by atoms with Gasteiger partial charge in [-0.25, -0.2) is 4.68 Å². The van der Waals surface area contributed by atoms with Crippen LogP contribution in [-0.4, -0.2) is 50.9 Å². The predicted octanol–water partition coefficient (Wildman–Crippen LogP) is -0.190. The molecule has 1 saturated heterocycles. The lowest BCUT2D eigenvalue weighted by Crippen LogP contribution is -2.48. The first-order valence-corrected chi connectivity index (χ1v) is 7.71. The predicted molar refractivity (Wildman–Crippen MR) is 72.4 cm³/mol. The fourth-order valence-electron chi connectivity index (χ4n) is 2.81. The molecule has 21 heavy (non-hydrogen) atoms. The topological polar surface area (TPSA) is 89.3 Å². The van der Waals surface area contributed by atoms with E-state index in [2.05, 4.69) is 15.6 Å². The number of aliphatic hydroxyl groups excluding tert-OH is 1. The molecule has 1 aromatic heterocycles. The lowest BCUT2D eigenvalue weighted by Gasteiger charge is -2.21. The number of amides is 1. The van der Waals surface area contributed by atoms with Crippen molar-refractivity contribution in [3.63, 3.8) is 0 Å². The Morgan fingerprint density at radius 1 is 1.43 bits per heavy atom. The van der Waals surface area contributed by atoms with E-state index in [0.29, 0.717) is 12.5 Å². The van der Waals surface area contributed by atoms with Gasteiger partial charge in [0.25, 0.3) is 0 Å². The molecule has 0 bridgehead atoms. The number of hydrogen-bond donors (Lipinski definition) is 2. The zero-order valence-electron chi connectivity index (χ0n) is 11.8. The van der Waals surface area contributed by atoms with Gasteiger partial charge in [-0.15, -0.1) is 5.10 Å². The Morgan fingerprint density at radius 2 is 2.24 bits per heavy atom. The van der Waals surface area contributed by atoms with E-state index in [1.54, 1.807) is 4.68 Å². The molecule has 1 amide bonds. The molecular weight excluding hydrogens is 272 g/mol. The normalized spacial score (nSPS) is 32.3. The second-order valence-electron chi connectivity index (χ2n) is 6.39. The Morgan fingerprint density at radius 3 is 2.95 bits per heavy atom. The van der Waals surface area contributed by atoms with Crippen molar-refractivity contribution in [3.05, 3.63) is 11.9 Å². The summed E-state index contributed by atoms with van der Waals surface area (Å²) in [6.07, 6.45) is 5.34. The van der Waals surface area contributed by atoms with Crippen LogP contribution >= 0.6 is 0 Å². The number of nitrogens with zero attached hydrogens (tertiary/aromatic N) is 3. The summed E-state index contributed by atoms with van der Waals surface area (Å²) in [5.74, 6) is 0.734. The first-order valence-electron chi connectivity index (χ1n) is 7.71. The molecule has 1 aromatic rings. The Balaban J connectivity index is 1.40. The van der Waals surface area contributed by atoms with E-state index in [1.807, 2.05) is 6.20 Å². The summed E-state index contributed by atoms with van der Waals surface area (Å²) < 4.78 is 7.37. The highest BCUT2D eigenvalue weighted by Gasteiger charge is 2.40. The van der Waals surface area contributed by atoms with Gasteiger partial charge in [-0.05, 0) is 25.7 Å². The molecule has 2 saturated carbocycles. The Kier molecular flexibility index (Phi) is 3.19. The number of hydrogen-bond acceptors (Lipinski definition) is 5. The van der Waals surface area contributed by atoms with Crippen molar-refractivity contribution in [2.75, 3.05) is 6.61 Å². The second-order valence-corrected chi connectivity index (χ2v) is 6.39. The van der Waals surface area contributed by atoms with E-state index in [9.17, 15) is 9.90 Å². The molecule has 0 aromatic carbocycles. The lowest BCUT2D eigenvalue weighted by atomic mass is 10.1. The van der Waals surface area contributed by atoms with Gasteiger partial charge >= 0.3 is 0 Å². The molecule has 4 rings (SSSR count). The maximum atomic E-state index is 11.9. The van der Waals surface area contributed by atoms with Crippen molar-refractivity contribution in [1.82, 2.24) is 20.3 Å². The van der Waals surface area contributed by atoms with E-state index in [-0.39, 0.29) is 30.6 Å². The first-order chi connectivity index (χ1) is 10.2. The van der Waals surface area contributed by atoms with Gasteiger partial charge in [0.2, 0.25) is 5.91 Å². The van der Waals surface area contributed by atoms with Crippen LogP contribution in [0.4, 0.5) is 0 Å². The van der Waals surface area contributed by atoms with Crippen molar-refractivity contribution in [3.8, 4) is 0 Å². The summed E-state index contributed by atoms with van der Waals surface area (Å²) in [4.78, 5) is 11.9. The number of rotatable bonds is 5. The SMILES string of the molecule is O=C(N[C@@H]1[C@@H](O)CO[C@@H]1Cn1cc(C2CC2)nn1)C1CC1. The van der Waals surface area contributed by atoms with Crippen molar-refractivity contribution in [2.45, 2.75) is 56.4 Å². The van der Waals surface area contributed by atoms with E-state index in [1.165, 1.54) is 12.8 Å². The van der Waals surface area contributed by atoms with Crippen LogP contribution in [0.2, 0.25) is 0 Å². The molecule has 3 atom stereocenters. The van der Waals surface area contributed by atoms with Gasteiger partial charge in [0.1, 0.15) is 6.10 Å². The summed E-state index contributed by atoms with van der Waals surface area (Å²) in [5.41, 5.74) is 1.03. The van der Waals surface area contributed by atoms with Crippen LogP contribution in [0.1, 0.15) is 37.3 Å². The number of aliphatic hydroxyl groups is 1. The van der Waals surface area contributed by atoms with Gasteiger partial charge in [0, 0.05) is 18.0 Å². The van der Waals surface area contributed by atoms with Crippen molar-refractivity contribution >= 4 is 5.91 Å². The monoisotopic (exact) mass is 292 g/mol. The molecule has 3 fully saturated rings. The third-order valence-corrected chi connectivity index (χ3v) is 4.47. The largest absolute Gasteiger partial charge is 0.388 e. The van der Waals surface area contributed by atoms with E-state index in [4.69, 9.17) is 4.74 Å². The standard InChI is InChI=1S/C14H20N4O3/c19-11-7-21-12(13(11)15-14(20)9-3-4-9)6-18-5-10(16-17-18)8-1-2-8/h5,8-9,11-13,19H,1-4,6-7H2,(H,15,20)/t11-,12+,13+/m0/s1. The number of aromatic nitrogens is 3. The van der Waals surface area contributed by atoms with Crippen LogP contribution in [0.15, 0.2) is 6.20 Å². The maximum absolute atomic E-state index is 11.9. The minimum atomic E-state index is -0.649. The number of nitrogens with one attached hydrogen (secondary N) is 1. The van der Waals surface area contributed by atoms with E-state index >= 15 is 0 Å². The van der Waals surface area contributed by atoms with Crippen LogP contribution in [0.3, 0.4) is 0 Å². The average Bonchev–Trinajstić information content (AvgIpc) is 3.39. The fraction of sp³-hybridized carbons (Fsp3) is 0.786. The van der Waals surface area contributed by atoms with Gasteiger partial charge in [-0.3, -0.25) is 4.79 Å². The molecule has 2 heterocycles. The van der Waals surface area contributed by atoms with Gasteiger partial charge < -0.3 is 15.2 Å². The van der Waals surface area contributed by atoms with Gasteiger partial charge in [-0.1, -0.05) is 5.21 Å². The summed E-state index contributed by atoms with van der Waals surface area (Å²) >= 11 is 0. The van der Waals surface area contributed by atoms with E-state index in [0.717, 1.165) is 18.5 Å². The summed E-state index contributed by atoms with van der Waals surface area (Å²) in [5, 5.41) is 21.2. The highest BCUT2D eigenvalue weighted by Crippen LogP contribution is 2.38. The number of carbonyl (C=O) groups excluding carboxylic acids is 1. The van der Waals surface area contributed by atoms with Gasteiger partial charge in [0.05, 0.1) is 31.0 Å². The zero-order chi connectivity index (χ0) is 14.4. The average molecular weight is 292 g/mol. The van der Waals surface area contributed by atoms with Crippen molar-refractivity contribution in [2.24, 2.45) is 5.92 Å². The second kappa shape index (κ2) is 5.06.